The molecule has 0 fully saturated rings. The number of rotatable bonds is 7. The fourth-order valence-corrected chi connectivity index (χ4v) is 5.26. The molecule has 4 aromatic carbocycles. The van der Waals surface area contributed by atoms with Crippen molar-refractivity contribution >= 4 is 71.5 Å². The van der Waals surface area contributed by atoms with E-state index in [0.717, 1.165) is 19.9 Å². The normalized spacial score (nSPS) is 11.5. The Balaban J connectivity index is 1.47. The van der Waals surface area contributed by atoms with Gasteiger partial charge in [0.05, 0.1) is 24.2 Å². The Hall–Kier alpha value is -3.92. The predicted octanol–water partition coefficient (Wildman–Crippen LogP) is 8.46. The van der Waals surface area contributed by atoms with Gasteiger partial charge in [0.15, 0.2) is 17.3 Å². The lowest BCUT2D eigenvalue weighted by Crippen LogP contribution is -2.20. The van der Waals surface area contributed by atoms with Crippen LogP contribution in [-0.2, 0) is 6.61 Å². The minimum atomic E-state index is -0.348. The molecule has 2 aromatic heterocycles. The van der Waals surface area contributed by atoms with E-state index in [0.29, 0.717) is 50.9 Å². The third-order valence-electron chi connectivity index (χ3n) is 6.33. The maximum absolute atomic E-state index is 13.7. The minimum absolute atomic E-state index is 0.247. The van der Waals surface area contributed by atoms with E-state index in [1.807, 2.05) is 42.5 Å². The summed E-state index contributed by atoms with van der Waals surface area (Å²) in [6, 6.07) is 25.7. The Morgan fingerprint density at radius 2 is 1.80 bits per heavy atom. The minimum Gasteiger partial charge on any atom is -0.493 e. The predicted molar refractivity (Wildman–Crippen MR) is 168 cm³/mol. The maximum atomic E-state index is 13.7. The van der Waals surface area contributed by atoms with Crippen LogP contribution < -0.4 is 15.0 Å². The lowest BCUT2D eigenvalue weighted by Gasteiger charge is -2.14. The van der Waals surface area contributed by atoms with Crippen molar-refractivity contribution in [2.45, 2.75) is 6.61 Å². The number of ether oxygens (including phenoxy) is 2. The highest BCUT2D eigenvalue weighted by molar-refractivity contribution is 9.10. The van der Waals surface area contributed by atoms with Gasteiger partial charge in [-0.2, -0.15) is 9.78 Å². The third-order valence-corrected chi connectivity index (χ3v) is 7.55. The first-order valence-corrected chi connectivity index (χ1v) is 14.4. The Labute approximate surface area is 256 Å². The summed E-state index contributed by atoms with van der Waals surface area (Å²) < 4.78 is 20.9. The van der Waals surface area contributed by atoms with Gasteiger partial charge >= 0.3 is 0 Å². The van der Waals surface area contributed by atoms with Crippen LogP contribution in [0.2, 0.25) is 5.02 Å². The maximum Gasteiger partial charge on any atom is 0.282 e. The number of para-hydroxylation sites is 1. The molecule has 41 heavy (non-hydrogen) atoms. The van der Waals surface area contributed by atoms with Crippen molar-refractivity contribution in [2.24, 2.45) is 5.10 Å². The summed E-state index contributed by atoms with van der Waals surface area (Å²) in [5.41, 5.74) is 2.36. The second kappa shape index (κ2) is 11.5. The lowest BCUT2D eigenvalue weighted by molar-refractivity contribution is 0.284. The molecule has 0 radical (unpaired) electrons. The first-order valence-electron chi connectivity index (χ1n) is 12.4. The number of benzene rings is 4. The Morgan fingerprint density at radius 1 is 1.00 bits per heavy atom. The van der Waals surface area contributed by atoms with Crippen molar-refractivity contribution in [2.75, 3.05) is 7.11 Å². The zero-order valence-electron chi connectivity index (χ0n) is 21.5. The highest BCUT2D eigenvalue weighted by Crippen LogP contribution is 2.35. The SMILES string of the molecule is COc1cc(Br)cc(C=Nn2c(-c3cc4cc(Cl)ccc4o3)nc3ccccc3c2=O)c1OCc1ccc(Br)cc1. The van der Waals surface area contributed by atoms with Gasteiger partial charge in [0.1, 0.15) is 12.2 Å². The van der Waals surface area contributed by atoms with Gasteiger partial charge in [-0.05, 0) is 66.2 Å². The number of aromatic nitrogens is 2. The molecular weight excluding hydrogens is 674 g/mol. The van der Waals surface area contributed by atoms with E-state index in [1.165, 1.54) is 4.68 Å². The van der Waals surface area contributed by atoms with Crippen LogP contribution in [0.4, 0.5) is 0 Å². The molecule has 10 heteroatoms. The van der Waals surface area contributed by atoms with Gasteiger partial charge in [-0.25, -0.2) is 4.98 Å². The second-order valence-corrected chi connectivity index (χ2v) is 11.3. The highest BCUT2D eigenvalue weighted by atomic mass is 79.9. The highest BCUT2D eigenvalue weighted by Gasteiger charge is 2.18. The number of fused-ring (bicyclic) bond motifs is 2. The molecule has 0 spiro atoms. The largest absolute Gasteiger partial charge is 0.493 e. The van der Waals surface area contributed by atoms with Gasteiger partial charge in [0.2, 0.25) is 5.82 Å². The average Bonchev–Trinajstić information content (AvgIpc) is 3.39. The summed E-state index contributed by atoms with van der Waals surface area (Å²) in [7, 11) is 1.57. The first-order chi connectivity index (χ1) is 19.9. The number of nitrogens with zero attached hydrogens (tertiary/aromatic N) is 3. The first kappa shape index (κ1) is 27.3. The topological polar surface area (TPSA) is 78.9 Å². The van der Waals surface area contributed by atoms with Crippen LogP contribution in [0.3, 0.4) is 0 Å². The van der Waals surface area contributed by atoms with Gasteiger partial charge in [-0.15, -0.1) is 0 Å². The van der Waals surface area contributed by atoms with Crippen molar-refractivity contribution in [3.05, 3.63) is 120 Å². The van der Waals surface area contributed by atoms with Crippen LogP contribution in [-0.4, -0.2) is 23.0 Å². The fraction of sp³-hybridized carbons (Fsp3) is 0.0645. The molecule has 0 N–H and O–H groups in total. The quantitative estimate of drug-likeness (QED) is 0.157. The molecule has 0 aliphatic carbocycles. The smallest absolute Gasteiger partial charge is 0.282 e. The molecule has 6 aromatic rings. The molecule has 204 valence electrons. The molecule has 2 heterocycles. The van der Waals surface area contributed by atoms with E-state index in [2.05, 4.69) is 37.0 Å². The molecular formula is C31H20Br2ClN3O4. The molecule has 0 saturated heterocycles. The number of hydrogen-bond donors (Lipinski definition) is 0. The number of methoxy groups -OCH3 is 1. The zero-order chi connectivity index (χ0) is 28.5. The van der Waals surface area contributed by atoms with Crippen LogP contribution in [0, 0.1) is 0 Å². The van der Waals surface area contributed by atoms with Crippen LogP contribution in [0.1, 0.15) is 11.1 Å². The average molecular weight is 694 g/mol. The third kappa shape index (κ3) is 5.66. The van der Waals surface area contributed by atoms with Crippen molar-refractivity contribution in [1.29, 1.82) is 0 Å². The van der Waals surface area contributed by atoms with E-state index >= 15 is 0 Å². The van der Waals surface area contributed by atoms with E-state index < -0.39 is 0 Å². The summed E-state index contributed by atoms with van der Waals surface area (Å²) in [4.78, 5) is 18.5. The Morgan fingerprint density at radius 3 is 2.61 bits per heavy atom. The standard InChI is InChI=1S/C31H20Br2ClN3O4/c1-39-27-15-22(33)12-20(29(27)40-17-18-6-8-21(32)9-7-18)16-35-37-30(36-25-5-3-2-4-24(25)31(37)38)28-14-19-13-23(34)10-11-26(19)41-28/h2-16H,17H2,1H3. The van der Waals surface area contributed by atoms with E-state index in [1.54, 1.807) is 55.8 Å². The molecule has 0 saturated carbocycles. The van der Waals surface area contributed by atoms with Crippen LogP contribution >= 0.6 is 43.5 Å². The van der Waals surface area contributed by atoms with Crippen LogP contribution in [0.25, 0.3) is 33.5 Å². The molecule has 0 amide bonds. The van der Waals surface area contributed by atoms with Gasteiger partial charge < -0.3 is 13.9 Å². The summed E-state index contributed by atoms with van der Waals surface area (Å²) in [6.45, 7) is 0.302. The summed E-state index contributed by atoms with van der Waals surface area (Å²) >= 11 is 13.2. The lowest BCUT2D eigenvalue weighted by atomic mass is 10.2. The Bertz CT molecular complexity index is 2000. The van der Waals surface area contributed by atoms with Gasteiger partial charge in [0, 0.05) is 24.9 Å². The van der Waals surface area contributed by atoms with Gasteiger partial charge in [0.25, 0.3) is 5.56 Å². The monoisotopic (exact) mass is 691 g/mol. The molecule has 7 nitrogen and oxygen atoms in total. The molecule has 0 atom stereocenters. The fourth-order valence-electron chi connectivity index (χ4n) is 4.36. The Kier molecular flexibility index (Phi) is 7.66. The molecule has 6 rings (SSSR count). The summed E-state index contributed by atoms with van der Waals surface area (Å²) in [5.74, 6) is 1.61. The molecule has 0 aliphatic heterocycles. The molecule has 0 unspecified atom stereocenters. The zero-order valence-corrected chi connectivity index (χ0v) is 25.4. The van der Waals surface area contributed by atoms with E-state index in [4.69, 9.17) is 30.5 Å². The van der Waals surface area contributed by atoms with Crippen molar-refractivity contribution in [3.8, 4) is 23.1 Å². The number of furan rings is 1. The van der Waals surface area contributed by atoms with Crippen LogP contribution in [0.5, 0.6) is 11.5 Å². The van der Waals surface area contributed by atoms with Crippen molar-refractivity contribution in [1.82, 2.24) is 9.66 Å². The number of hydrogen-bond acceptors (Lipinski definition) is 6. The molecule has 0 bridgehead atoms. The van der Waals surface area contributed by atoms with Crippen LogP contribution in [0.15, 0.2) is 108 Å². The van der Waals surface area contributed by atoms with Crippen molar-refractivity contribution < 1.29 is 13.9 Å². The molecule has 0 aliphatic rings. The van der Waals surface area contributed by atoms with Gasteiger partial charge in [-0.3, -0.25) is 4.79 Å². The summed E-state index contributed by atoms with van der Waals surface area (Å²) in [5, 5.41) is 6.38. The second-order valence-electron chi connectivity index (χ2n) is 9.05. The van der Waals surface area contributed by atoms with E-state index in [-0.39, 0.29) is 11.4 Å². The van der Waals surface area contributed by atoms with E-state index in [9.17, 15) is 4.79 Å². The van der Waals surface area contributed by atoms with Crippen molar-refractivity contribution in [3.63, 3.8) is 0 Å². The summed E-state index contributed by atoms with van der Waals surface area (Å²) in [6.07, 6.45) is 1.55. The number of halogens is 3. The van der Waals surface area contributed by atoms with Gasteiger partial charge in [-0.1, -0.05) is 67.7 Å².